The van der Waals surface area contributed by atoms with Crippen LogP contribution in [0.5, 0.6) is 0 Å². The Bertz CT molecular complexity index is 568. The average molecular weight is 304 g/mol. The molecule has 0 radical (unpaired) electrons. The summed E-state index contributed by atoms with van der Waals surface area (Å²) in [5.41, 5.74) is 4.07. The molecule has 1 atom stereocenters. The molecule has 0 aliphatic heterocycles. The van der Waals surface area contributed by atoms with Gasteiger partial charge in [0.15, 0.2) is 0 Å². The predicted molar refractivity (Wildman–Crippen MR) is 87.2 cm³/mol. The van der Waals surface area contributed by atoms with Crippen LogP contribution in [0.3, 0.4) is 0 Å². The second-order valence-electron chi connectivity index (χ2n) is 5.81. The first-order valence-electron chi connectivity index (χ1n) is 7.89. The molecule has 114 valence electrons. The highest BCUT2D eigenvalue weighted by atomic mass is 32.1. The Morgan fingerprint density at radius 2 is 2.19 bits per heavy atom. The molecule has 0 bridgehead atoms. The lowest BCUT2D eigenvalue weighted by Gasteiger charge is -2.13. The maximum Gasteiger partial charge on any atom is 0.0644 e. The van der Waals surface area contributed by atoms with Gasteiger partial charge in [-0.1, -0.05) is 19.8 Å². The van der Waals surface area contributed by atoms with Crippen molar-refractivity contribution >= 4 is 11.3 Å². The van der Waals surface area contributed by atoms with Gasteiger partial charge in [-0.15, -0.1) is 11.3 Å². The molecule has 3 rings (SSSR count). The van der Waals surface area contributed by atoms with E-state index < -0.39 is 0 Å². The van der Waals surface area contributed by atoms with Crippen LogP contribution in [-0.2, 0) is 12.8 Å². The van der Waals surface area contributed by atoms with Gasteiger partial charge in [0.05, 0.1) is 17.8 Å². The van der Waals surface area contributed by atoms with E-state index in [1.165, 1.54) is 35.4 Å². The van der Waals surface area contributed by atoms with Gasteiger partial charge in [0.25, 0.3) is 0 Å². The summed E-state index contributed by atoms with van der Waals surface area (Å²) in [6.07, 6.45) is 9.27. The van der Waals surface area contributed by atoms with Gasteiger partial charge in [0.1, 0.15) is 0 Å². The number of nitrogens with zero attached hydrogens (tertiary/aromatic N) is 2. The Morgan fingerprint density at radius 3 is 2.86 bits per heavy atom. The van der Waals surface area contributed by atoms with Crippen LogP contribution >= 0.6 is 11.3 Å². The summed E-state index contributed by atoms with van der Waals surface area (Å²) in [6, 6.07) is 7.28. The molecule has 0 amide bonds. The fourth-order valence-corrected chi connectivity index (χ4v) is 4.09. The second kappa shape index (κ2) is 6.73. The maximum absolute atomic E-state index is 5.75. The summed E-state index contributed by atoms with van der Waals surface area (Å²) in [6.45, 7) is 2.18. The number of aromatic nitrogens is 2. The van der Waals surface area contributed by atoms with Gasteiger partial charge >= 0.3 is 0 Å². The quantitative estimate of drug-likeness (QED) is 0.635. The first-order valence-corrected chi connectivity index (χ1v) is 8.70. The molecule has 4 nitrogen and oxygen atoms in total. The number of nitrogens with one attached hydrogen (secondary N) is 1. The molecule has 2 aromatic rings. The minimum atomic E-state index is 0.155. The zero-order valence-corrected chi connectivity index (χ0v) is 13.4. The SMILES string of the molecule is CCc1ccc(C(Cc2ccn(C3CCCC3)n2)NN)s1. The summed E-state index contributed by atoms with van der Waals surface area (Å²) < 4.78 is 2.15. The number of hydrazine groups is 1. The van der Waals surface area contributed by atoms with Crippen LogP contribution in [0.4, 0.5) is 0 Å². The molecule has 1 saturated carbocycles. The van der Waals surface area contributed by atoms with Crippen LogP contribution in [0.1, 0.15) is 60.1 Å². The lowest BCUT2D eigenvalue weighted by Crippen LogP contribution is -2.29. The van der Waals surface area contributed by atoms with Gasteiger partial charge in [0, 0.05) is 22.4 Å². The third-order valence-electron chi connectivity index (χ3n) is 4.35. The van der Waals surface area contributed by atoms with E-state index in [9.17, 15) is 0 Å². The van der Waals surface area contributed by atoms with Crippen molar-refractivity contribution in [3.8, 4) is 0 Å². The highest BCUT2D eigenvalue weighted by Crippen LogP contribution is 2.30. The molecule has 21 heavy (non-hydrogen) atoms. The Kier molecular flexibility index (Phi) is 4.73. The van der Waals surface area contributed by atoms with E-state index in [4.69, 9.17) is 10.9 Å². The van der Waals surface area contributed by atoms with E-state index in [0.717, 1.165) is 18.5 Å². The molecule has 0 saturated heterocycles. The van der Waals surface area contributed by atoms with E-state index in [1.807, 2.05) is 11.3 Å². The Balaban J connectivity index is 1.68. The van der Waals surface area contributed by atoms with Crippen molar-refractivity contribution in [2.24, 2.45) is 5.84 Å². The number of hydrogen-bond acceptors (Lipinski definition) is 4. The summed E-state index contributed by atoms with van der Waals surface area (Å²) in [5, 5.41) is 4.76. The van der Waals surface area contributed by atoms with Crippen LogP contribution in [0.15, 0.2) is 24.4 Å². The number of thiophene rings is 1. The van der Waals surface area contributed by atoms with Crippen molar-refractivity contribution in [3.05, 3.63) is 39.8 Å². The standard InChI is InChI=1S/C16H24N4S/c1-2-14-7-8-16(21-14)15(18-17)11-12-9-10-20(19-12)13-5-3-4-6-13/h7-10,13,15,18H,2-6,11,17H2,1H3. The lowest BCUT2D eigenvalue weighted by molar-refractivity contribution is 0.458. The smallest absolute Gasteiger partial charge is 0.0644 e. The fourth-order valence-electron chi connectivity index (χ4n) is 3.08. The summed E-state index contributed by atoms with van der Waals surface area (Å²) in [5.74, 6) is 5.75. The van der Waals surface area contributed by atoms with Gasteiger partial charge < -0.3 is 0 Å². The van der Waals surface area contributed by atoms with E-state index >= 15 is 0 Å². The van der Waals surface area contributed by atoms with Crippen molar-refractivity contribution in [1.82, 2.24) is 15.2 Å². The molecule has 1 aliphatic rings. The molecule has 2 aromatic heterocycles. The van der Waals surface area contributed by atoms with E-state index in [-0.39, 0.29) is 6.04 Å². The molecular weight excluding hydrogens is 280 g/mol. The number of nitrogens with two attached hydrogens (primary N) is 1. The molecular formula is C16H24N4S. The van der Waals surface area contributed by atoms with E-state index in [2.05, 4.69) is 41.4 Å². The number of rotatable bonds is 6. The molecule has 2 heterocycles. The largest absolute Gasteiger partial charge is 0.271 e. The maximum atomic E-state index is 5.75. The molecule has 0 aromatic carbocycles. The zero-order chi connectivity index (χ0) is 14.7. The third kappa shape index (κ3) is 3.36. The second-order valence-corrected chi connectivity index (χ2v) is 7.01. The average Bonchev–Trinajstić information content (AvgIpc) is 3.23. The van der Waals surface area contributed by atoms with Crippen molar-refractivity contribution in [2.45, 2.75) is 57.5 Å². The van der Waals surface area contributed by atoms with Crippen LogP contribution in [0.25, 0.3) is 0 Å². The van der Waals surface area contributed by atoms with Gasteiger partial charge in [-0.2, -0.15) is 5.10 Å². The highest BCUT2D eigenvalue weighted by Gasteiger charge is 2.19. The molecule has 0 spiro atoms. The first-order chi connectivity index (χ1) is 10.3. The minimum Gasteiger partial charge on any atom is -0.271 e. The van der Waals surface area contributed by atoms with Crippen molar-refractivity contribution in [2.75, 3.05) is 0 Å². The Labute approximate surface area is 130 Å². The number of hydrogen-bond donors (Lipinski definition) is 2. The van der Waals surface area contributed by atoms with Crippen LogP contribution in [0.2, 0.25) is 0 Å². The zero-order valence-electron chi connectivity index (χ0n) is 12.6. The minimum absolute atomic E-state index is 0.155. The molecule has 3 N–H and O–H groups in total. The summed E-state index contributed by atoms with van der Waals surface area (Å²) in [7, 11) is 0. The van der Waals surface area contributed by atoms with Gasteiger partial charge in [0.2, 0.25) is 0 Å². The van der Waals surface area contributed by atoms with Crippen LogP contribution < -0.4 is 11.3 Å². The lowest BCUT2D eigenvalue weighted by atomic mass is 10.1. The van der Waals surface area contributed by atoms with E-state index in [1.54, 1.807) is 0 Å². The Morgan fingerprint density at radius 1 is 1.38 bits per heavy atom. The molecule has 5 heteroatoms. The molecule has 1 aliphatic carbocycles. The number of aryl methyl sites for hydroxylation is 1. The van der Waals surface area contributed by atoms with Gasteiger partial charge in [-0.3, -0.25) is 16.0 Å². The fraction of sp³-hybridized carbons (Fsp3) is 0.562. The predicted octanol–water partition coefficient (Wildman–Crippen LogP) is 3.37. The van der Waals surface area contributed by atoms with Crippen LogP contribution in [-0.4, -0.2) is 9.78 Å². The van der Waals surface area contributed by atoms with Gasteiger partial charge in [-0.05, 0) is 37.5 Å². The van der Waals surface area contributed by atoms with Crippen molar-refractivity contribution < 1.29 is 0 Å². The normalized spacial score (nSPS) is 17.4. The first kappa shape index (κ1) is 14.8. The van der Waals surface area contributed by atoms with Crippen LogP contribution in [0, 0.1) is 0 Å². The highest BCUT2D eigenvalue weighted by molar-refractivity contribution is 7.12. The van der Waals surface area contributed by atoms with Crippen molar-refractivity contribution in [1.29, 1.82) is 0 Å². The van der Waals surface area contributed by atoms with Gasteiger partial charge in [-0.25, -0.2) is 0 Å². The van der Waals surface area contributed by atoms with E-state index in [0.29, 0.717) is 6.04 Å². The summed E-state index contributed by atoms with van der Waals surface area (Å²) >= 11 is 1.84. The topological polar surface area (TPSA) is 55.9 Å². The monoisotopic (exact) mass is 304 g/mol. The molecule has 1 unspecified atom stereocenters. The third-order valence-corrected chi connectivity index (χ3v) is 5.69. The van der Waals surface area contributed by atoms with Crippen molar-refractivity contribution in [3.63, 3.8) is 0 Å². The molecule has 1 fully saturated rings. The Hall–Kier alpha value is -1.17. The summed E-state index contributed by atoms with van der Waals surface area (Å²) in [4.78, 5) is 2.70.